The van der Waals surface area contributed by atoms with Crippen molar-refractivity contribution in [1.29, 1.82) is 0 Å². The highest BCUT2D eigenvalue weighted by atomic mass is 79.9. The van der Waals surface area contributed by atoms with E-state index in [9.17, 15) is 0 Å². The van der Waals surface area contributed by atoms with Crippen molar-refractivity contribution >= 4 is 21.6 Å². The summed E-state index contributed by atoms with van der Waals surface area (Å²) in [5.74, 6) is 0. The first kappa shape index (κ1) is 12.9. The molecule has 1 aromatic rings. The minimum absolute atomic E-state index is 0.535. The molecule has 0 radical (unpaired) electrons. The Kier molecular flexibility index (Phi) is 3.76. The van der Waals surface area contributed by atoms with Gasteiger partial charge < -0.3 is 4.90 Å². The first-order valence-corrected chi connectivity index (χ1v) is 7.11. The fraction of sp³-hybridized carbons (Fsp3) is 0.643. The van der Waals surface area contributed by atoms with Gasteiger partial charge in [-0.15, -0.1) is 0 Å². The van der Waals surface area contributed by atoms with Crippen LogP contribution in [0.5, 0.6) is 0 Å². The molecule has 1 aliphatic rings. The van der Waals surface area contributed by atoms with Gasteiger partial charge in [-0.2, -0.15) is 0 Å². The van der Waals surface area contributed by atoms with Gasteiger partial charge in [0.1, 0.15) is 0 Å². The van der Waals surface area contributed by atoms with Crippen molar-refractivity contribution in [3.8, 4) is 0 Å². The summed E-state index contributed by atoms with van der Waals surface area (Å²) in [6, 6.07) is 2.81. The fourth-order valence-corrected chi connectivity index (χ4v) is 2.93. The summed E-state index contributed by atoms with van der Waals surface area (Å²) in [7, 11) is 2.19. The Morgan fingerprint density at radius 2 is 1.94 bits per heavy atom. The predicted octanol–water partition coefficient (Wildman–Crippen LogP) is 4.25. The molecule has 17 heavy (non-hydrogen) atoms. The van der Waals surface area contributed by atoms with Gasteiger partial charge in [0.05, 0.1) is 11.9 Å². The Balaban J connectivity index is 2.04. The number of aromatic nitrogens is 1. The summed E-state index contributed by atoms with van der Waals surface area (Å²) >= 11 is 3.48. The van der Waals surface area contributed by atoms with Gasteiger partial charge in [-0.3, -0.25) is 4.98 Å². The van der Waals surface area contributed by atoms with E-state index in [0.29, 0.717) is 11.5 Å². The highest BCUT2D eigenvalue weighted by Crippen LogP contribution is 2.37. The van der Waals surface area contributed by atoms with Gasteiger partial charge in [0.2, 0.25) is 0 Å². The third-order valence-corrected chi connectivity index (χ3v) is 4.39. The van der Waals surface area contributed by atoms with Gasteiger partial charge in [-0.25, -0.2) is 0 Å². The molecular weight excluding hydrogens is 276 g/mol. The number of rotatable bonds is 2. The van der Waals surface area contributed by atoms with Crippen LogP contribution in [0.1, 0.15) is 39.5 Å². The van der Waals surface area contributed by atoms with Gasteiger partial charge in [-0.1, -0.05) is 13.8 Å². The summed E-state index contributed by atoms with van der Waals surface area (Å²) in [5, 5.41) is 0. The van der Waals surface area contributed by atoms with Crippen LogP contribution in [0.25, 0.3) is 0 Å². The highest BCUT2D eigenvalue weighted by molar-refractivity contribution is 9.10. The van der Waals surface area contributed by atoms with E-state index in [1.165, 1.54) is 31.4 Å². The molecule has 1 aliphatic carbocycles. The molecule has 94 valence electrons. The molecule has 3 heteroatoms. The fourth-order valence-electron chi connectivity index (χ4n) is 2.58. The van der Waals surface area contributed by atoms with Crippen LogP contribution < -0.4 is 4.90 Å². The SMILES string of the molecule is CN(c1cncc(Br)c1)C1CCC(C)(C)CC1. The molecule has 1 heterocycles. The summed E-state index contributed by atoms with van der Waals surface area (Å²) in [4.78, 5) is 6.62. The Bertz CT molecular complexity index is 380. The molecule has 1 fully saturated rings. The monoisotopic (exact) mass is 296 g/mol. The molecule has 0 N–H and O–H groups in total. The summed E-state index contributed by atoms with van der Waals surface area (Å²) < 4.78 is 1.05. The summed E-state index contributed by atoms with van der Waals surface area (Å²) in [6.07, 6.45) is 9.00. The normalized spacial score (nSPS) is 20.2. The number of hydrogen-bond donors (Lipinski definition) is 0. The van der Waals surface area contributed by atoms with Gasteiger partial charge in [0.25, 0.3) is 0 Å². The van der Waals surface area contributed by atoms with Crippen molar-refractivity contribution < 1.29 is 0 Å². The molecule has 0 spiro atoms. The number of halogens is 1. The number of anilines is 1. The molecule has 0 bridgehead atoms. The first-order chi connectivity index (χ1) is 7.98. The molecular formula is C14H21BrN2. The van der Waals surface area contributed by atoms with Crippen molar-refractivity contribution in [1.82, 2.24) is 4.98 Å². The van der Waals surface area contributed by atoms with Crippen LogP contribution in [0.4, 0.5) is 5.69 Å². The standard InChI is InChI=1S/C14H21BrN2/c1-14(2)6-4-12(5-7-14)17(3)13-8-11(15)9-16-10-13/h8-10,12H,4-7H2,1-3H3. The first-order valence-electron chi connectivity index (χ1n) is 6.31. The van der Waals surface area contributed by atoms with Gasteiger partial charge in [0, 0.05) is 23.8 Å². The molecule has 0 aliphatic heterocycles. The van der Waals surface area contributed by atoms with E-state index < -0.39 is 0 Å². The lowest BCUT2D eigenvalue weighted by Gasteiger charge is -2.39. The molecule has 1 aromatic heterocycles. The smallest absolute Gasteiger partial charge is 0.0563 e. The summed E-state index contributed by atoms with van der Waals surface area (Å²) in [5.41, 5.74) is 1.75. The van der Waals surface area contributed by atoms with Crippen molar-refractivity contribution in [2.24, 2.45) is 5.41 Å². The zero-order valence-electron chi connectivity index (χ0n) is 10.9. The van der Waals surface area contributed by atoms with Gasteiger partial charge >= 0.3 is 0 Å². The summed E-state index contributed by atoms with van der Waals surface area (Å²) in [6.45, 7) is 4.76. The molecule has 2 rings (SSSR count). The van der Waals surface area contributed by atoms with Crippen LogP contribution in [0.15, 0.2) is 22.9 Å². The Morgan fingerprint density at radius 1 is 1.29 bits per heavy atom. The van der Waals surface area contributed by atoms with E-state index in [1.54, 1.807) is 0 Å². The molecule has 2 nitrogen and oxygen atoms in total. The molecule has 0 amide bonds. The molecule has 0 aromatic carbocycles. The van der Waals surface area contributed by atoms with E-state index >= 15 is 0 Å². The van der Waals surface area contributed by atoms with Crippen molar-refractivity contribution in [3.05, 3.63) is 22.9 Å². The second-order valence-corrected chi connectivity index (χ2v) is 6.78. The maximum Gasteiger partial charge on any atom is 0.0563 e. The topological polar surface area (TPSA) is 16.1 Å². The predicted molar refractivity (Wildman–Crippen MR) is 76.4 cm³/mol. The average molecular weight is 297 g/mol. The maximum atomic E-state index is 4.24. The van der Waals surface area contributed by atoms with Crippen LogP contribution in [0, 0.1) is 5.41 Å². The molecule has 0 atom stereocenters. The lowest BCUT2D eigenvalue weighted by Crippen LogP contribution is -2.37. The number of hydrogen-bond acceptors (Lipinski definition) is 2. The second kappa shape index (κ2) is 4.97. The number of pyridine rings is 1. The largest absolute Gasteiger partial charge is 0.370 e. The lowest BCUT2D eigenvalue weighted by atomic mass is 9.75. The minimum Gasteiger partial charge on any atom is -0.370 e. The average Bonchev–Trinajstić information content (AvgIpc) is 2.28. The van der Waals surface area contributed by atoms with Crippen LogP contribution in [0.2, 0.25) is 0 Å². The number of nitrogens with zero attached hydrogens (tertiary/aromatic N) is 2. The Labute approximate surface area is 113 Å². The zero-order chi connectivity index (χ0) is 12.5. The van der Waals surface area contributed by atoms with Gasteiger partial charge in [0.15, 0.2) is 0 Å². The molecule has 0 saturated heterocycles. The maximum absolute atomic E-state index is 4.24. The van der Waals surface area contributed by atoms with E-state index in [4.69, 9.17) is 0 Å². The van der Waals surface area contributed by atoms with E-state index in [2.05, 4.69) is 52.8 Å². The third kappa shape index (κ3) is 3.21. The quantitative estimate of drug-likeness (QED) is 0.811. The Hall–Kier alpha value is -0.570. The molecule has 0 unspecified atom stereocenters. The van der Waals surface area contributed by atoms with E-state index in [1.807, 2.05) is 12.4 Å². The lowest BCUT2D eigenvalue weighted by molar-refractivity contribution is 0.222. The highest BCUT2D eigenvalue weighted by Gasteiger charge is 2.28. The Morgan fingerprint density at radius 3 is 2.53 bits per heavy atom. The van der Waals surface area contributed by atoms with E-state index in [-0.39, 0.29) is 0 Å². The van der Waals surface area contributed by atoms with Crippen molar-refractivity contribution in [3.63, 3.8) is 0 Å². The van der Waals surface area contributed by atoms with Crippen molar-refractivity contribution in [2.75, 3.05) is 11.9 Å². The van der Waals surface area contributed by atoms with Crippen molar-refractivity contribution in [2.45, 2.75) is 45.6 Å². The van der Waals surface area contributed by atoms with Crippen LogP contribution >= 0.6 is 15.9 Å². The van der Waals surface area contributed by atoms with Crippen LogP contribution in [0.3, 0.4) is 0 Å². The minimum atomic E-state index is 0.535. The van der Waals surface area contributed by atoms with Crippen LogP contribution in [-0.4, -0.2) is 18.1 Å². The zero-order valence-corrected chi connectivity index (χ0v) is 12.5. The molecule has 1 saturated carbocycles. The van der Waals surface area contributed by atoms with E-state index in [0.717, 1.165) is 4.47 Å². The third-order valence-electron chi connectivity index (χ3n) is 3.95. The van der Waals surface area contributed by atoms with Crippen LogP contribution in [-0.2, 0) is 0 Å². The second-order valence-electron chi connectivity index (χ2n) is 5.87. The van der Waals surface area contributed by atoms with Gasteiger partial charge in [-0.05, 0) is 53.1 Å².